The summed E-state index contributed by atoms with van der Waals surface area (Å²) >= 11 is 0. The summed E-state index contributed by atoms with van der Waals surface area (Å²) in [6.45, 7) is 2.79. The van der Waals surface area contributed by atoms with E-state index in [0.29, 0.717) is 6.04 Å². The van der Waals surface area contributed by atoms with Crippen molar-refractivity contribution in [3.05, 3.63) is 59.7 Å². The Balaban J connectivity index is 1.47. The van der Waals surface area contributed by atoms with Gasteiger partial charge in [-0.1, -0.05) is 30.3 Å². The Bertz CT molecular complexity index is 542. The molecule has 0 spiro atoms. The average molecular weight is 281 g/mol. The van der Waals surface area contributed by atoms with Crippen molar-refractivity contribution in [2.45, 2.75) is 51.1 Å². The summed E-state index contributed by atoms with van der Waals surface area (Å²) in [6, 6.07) is 11.5. The minimum absolute atomic E-state index is 0.619. The number of benzene rings is 1. The molecule has 1 aromatic carbocycles. The number of aryl methyl sites for hydroxylation is 1. The molecule has 1 aliphatic rings. The van der Waals surface area contributed by atoms with E-state index in [4.69, 9.17) is 0 Å². The van der Waals surface area contributed by atoms with Gasteiger partial charge in [-0.2, -0.15) is 0 Å². The van der Waals surface area contributed by atoms with E-state index in [0.717, 1.165) is 23.9 Å². The lowest BCUT2D eigenvalue weighted by Gasteiger charge is -2.29. The number of aromatic nitrogens is 2. The van der Waals surface area contributed by atoms with Gasteiger partial charge in [0.2, 0.25) is 0 Å². The maximum atomic E-state index is 4.40. The Morgan fingerprint density at radius 2 is 1.76 bits per heavy atom. The highest BCUT2D eigenvalue weighted by Crippen LogP contribution is 2.32. The van der Waals surface area contributed by atoms with E-state index in [-0.39, 0.29) is 0 Å². The summed E-state index contributed by atoms with van der Waals surface area (Å²) in [5.74, 6) is 0.739. The summed E-state index contributed by atoms with van der Waals surface area (Å²) in [7, 11) is 0. The molecule has 1 saturated carbocycles. The van der Waals surface area contributed by atoms with Crippen LogP contribution in [0.15, 0.2) is 42.7 Å². The summed E-state index contributed by atoms with van der Waals surface area (Å²) in [6.07, 6.45) is 8.77. The van der Waals surface area contributed by atoms with E-state index in [1.165, 1.54) is 31.2 Å². The third kappa shape index (κ3) is 3.88. The van der Waals surface area contributed by atoms with Crippen molar-refractivity contribution in [3.8, 4) is 0 Å². The number of nitrogens with zero attached hydrogens (tertiary/aromatic N) is 2. The number of hydrogen-bond donors (Lipinski definition) is 1. The van der Waals surface area contributed by atoms with Crippen LogP contribution in [0.4, 0.5) is 0 Å². The third-order valence-electron chi connectivity index (χ3n) is 4.40. The molecule has 1 aromatic heterocycles. The lowest BCUT2D eigenvalue weighted by molar-refractivity contribution is 0.340. The Labute approximate surface area is 126 Å². The topological polar surface area (TPSA) is 37.8 Å². The van der Waals surface area contributed by atoms with Crippen LogP contribution in [0.2, 0.25) is 0 Å². The van der Waals surface area contributed by atoms with E-state index in [9.17, 15) is 0 Å². The van der Waals surface area contributed by atoms with Crippen LogP contribution in [-0.2, 0) is 6.54 Å². The van der Waals surface area contributed by atoms with Gasteiger partial charge < -0.3 is 5.32 Å². The van der Waals surface area contributed by atoms with Crippen LogP contribution in [0.5, 0.6) is 0 Å². The summed E-state index contributed by atoms with van der Waals surface area (Å²) in [5, 5.41) is 3.63. The molecule has 1 heterocycles. The highest BCUT2D eigenvalue weighted by molar-refractivity contribution is 5.20. The lowest BCUT2D eigenvalue weighted by Crippen LogP contribution is -2.32. The molecule has 0 saturated heterocycles. The molecule has 1 fully saturated rings. The predicted molar refractivity (Wildman–Crippen MR) is 85.0 cm³/mol. The molecule has 0 atom stereocenters. The van der Waals surface area contributed by atoms with E-state index in [1.807, 2.05) is 19.3 Å². The van der Waals surface area contributed by atoms with E-state index >= 15 is 0 Å². The maximum Gasteiger partial charge on any atom is 0.0724 e. The van der Waals surface area contributed by atoms with Gasteiger partial charge in [-0.15, -0.1) is 0 Å². The van der Waals surface area contributed by atoms with Crippen molar-refractivity contribution in [1.29, 1.82) is 0 Å². The molecular weight excluding hydrogens is 258 g/mol. The number of rotatable bonds is 4. The Kier molecular flexibility index (Phi) is 4.61. The monoisotopic (exact) mass is 281 g/mol. The summed E-state index contributed by atoms with van der Waals surface area (Å²) < 4.78 is 0. The van der Waals surface area contributed by atoms with E-state index in [2.05, 4.69) is 45.6 Å². The zero-order valence-electron chi connectivity index (χ0n) is 12.6. The molecule has 0 amide bonds. The molecule has 0 radical (unpaired) electrons. The van der Waals surface area contributed by atoms with Gasteiger partial charge in [-0.05, 0) is 44.1 Å². The van der Waals surface area contributed by atoms with Gasteiger partial charge in [0.15, 0.2) is 0 Å². The van der Waals surface area contributed by atoms with Gasteiger partial charge in [0, 0.05) is 25.0 Å². The molecular formula is C18H23N3. The second kappa shape index (κ2) is 6.81. The second-order valence-electron chi connectivity index (χ2n) is 5.99. The fraction of sp³-hybridized carbons (Fsp3) is 0.444. The van der Waals surface area contributed by atoms with Crippen LogP contribution in [-0.4, -0.2) is 16.0 Å². The molecule has 3 nitrogen and oxygen atoms in total. The molecule has 0 bridgehead atoms. The second-order valence-corrected chi connectivity index (χ2v) is 5.99. The third-order valence-corrected chi connectivity index (χ3v) is 4.40. The molecule has 3 heteroatoms. The molecule has 0 unspecified atom stereocenters. The Morgan fingerprint density at radius 1 is 1.00 bits per heavy atom. The number of hydrogen-bond acceptors (Lipinski definition) is 3. The van der Waals surface area contributed by atoms with Gasteiger partial charge in [-0.3, -0.25) is 9.97 Å². The molecule has 110 valence electrons. The molecule has 0 aliphatic heterocycles. The van der Waals surface area contributed by atoms with Crippen molar-refractivity contribution in [2.24, 2.45) is 0 Å². The number of nitrogens with one attached hydrogen (secondary N) is 1. The van der Waals surface area contributed by atoms with Crippen LogP contribution < -0.4 is 5.32 Å². The van der Waals surface area contributed by atoms with Crippen LogP contribution in [0.1, 0.15) is 48.6 Å². The first-order valence-corrected chi connectivity index (χ1v) is 7.87. The van der Waals surface area contributed by atoms with Crippen LogP contribution >= 0.6 is 0 Å². The average Bonchev–Trinajstić information content (AvgIpc) is 2.56. The van der Waals surface area contributed by atoms with Gasteiger partial charge in [0.05, 0.1) is 11.4 Å². The van der Waals surface area contributed by atoms with Crippen molar-refractivity contribution < 1.29 is 0 Å². The SMILES string of the molecule is Cc1cnc(CNC2CCC(c3ccccc3)CC2)cn1. The van der Waals surface area contributed by atoms with E-state index < -0.39 is 0 Å². The normalized spacial score (nSPS) is 22.1. The molecule has 1 N–H and O–H groups in total. The molecule has 2 aromatic rings. The first kappa shape index (κ1) is 14.2. The van der Waals surface area contributed by atoms with Gasteiger partial charge in [0.25, 0.3) is 0 Å². The van der Waals surface area contributed by atoms with Crippen LogP contribution in [0.3, 0.4) is 0 Å². The van der Waals surface area contributed by atoms with Crippen molar-refractivity contribution in [2.75, 3.05) is 0 Å². The molecule has 3 rings (SSSR count). The van der Waals surface area contributed by atoms with Gasteiger partial charge in [0.1, 0.15) is 0 Å². The highest BCUT2D eigenvalue weighted by atomic mass is 14.9. The highest BCUT2D eigenvalue weighted by Gasteiger charge is 2.21. The summed E-state index contributed by atoms with van der Waals surface area (Å²) in [4.78, 5) is 8.69. The quantitative estimate of drug-likeness (QED) is 0.930. The minimum atomic E-state index is 0.619. The maximum absolute atomic E-state index is 4.40. The van der Waals surface area contributed by atoms with Crippen molar-refractivity contribution in [1.82, 2.24) is 15.3 Å². The van der Waals surface area contributed by atoms with Crippen molar-refractivity contribution >= 4 is 0 Å². The van der Waals surface area contributed by atoms with Gasteiger partial charge in [-0.25, -0.2) is 0 Å². The Hall–Kier alpha value is -1.74. The standard InChI is InChI=1S/C18H23N3/c1-14-11-20-18(12-19-14)13-21-17-9-7-16(8-10-17)15-5-3-2-4-6-15/h2-6,11-12,16-17,21H,7-10,13H2,1H3. The minimum Gasteiger partial charge on any atom is -0.308 e. The zero-order valence-corrected chi connectivity index (χ0v) is 12.6. The summed E-state index contributed by atoms with van der Waals surface area (Å²) in [5.41, 5.74) is 3.51. The first-order valence-electron chi connectivity index (χ1n) is 7.87. The largest absolute Gasteiger partial charge is 0.308 e. The fourth-order valence-electron chi connectivity index (χ4n) is 3.12. The fourth-order valence-corrected chi connectivity index (χ4v) is 3.12. The zero-order chi connectivity index (χ0) is 14.5. The lowest BCUT2D eigenvalue weighted by atomic mass is 9.82. The van der Waals surface area contributed by atoms with Crippen LogP contribution in [0, 0.1) is 6.92 Å². The van der Waals surface area contributed by atoms with E-state index in [1.54, 1.807) is 0 Å². The van der Waals surface area contributed by atoms with Crippen molar-refractivity contribution in [3.63, 3.8) is 0 Å². The van der Waals surface area contributed by atoms with Crippen LogP contribution in [0.25, 0.3) is 0 Å². The first-order chi connectivity index (χ1) is 10.3. The predicted octanol–water partition coefficient (Wildman–Crippen LogP) is 3.60. The molecule has 21 heavy (non-hydrogen) atoms. The smallest absolute Gasteiger partial charge is 0.0724 e. The van der Waals surface area contributed by atoms with Gasteiger partial charge >= 0.3 is 0 Å². The molecule has 1 aliphatic carbocycles. The Morgan fingerprint density at radius 3 is 2.43 bits per heavy atom.